The molecular weight excluding hydrogens is 404 g/mol. The maximum Gasteiger partial charge on any atom is 0.328 e. The first kappa shape index (κ1) is 22.6. The quantitative estimate of drug-likeness (QED) is 0.537. The molecule has 7 heteroatoms. The fourth-order valence-corrected chi connectivity index (χ4v) is 4.63. The van der Waals surface area contributed by atoms with Gasteiger partial charge in [0.05, 0.1) is 11.0 Å². The maximum atomic E-state index is 12.1. The van der Waals surface area contributed by atoms with E-state index in [1.807, 2.05) is 30.3 Å². The van der Waals surface area contributed by atoms with Gasteiger partial charge in [-0.15, -0.1) is 0 Å². The van der Waals surface area contributed by atoms with Crippen LogP contribution in [0.4, 0.5) is 0 Å². The topological polar surface area (TPSA) is 71.7 Å². The highest BCUT2D eigenvalue weighted by atomic mass is 16.5. The molecule has 0 spiro atoms. The third-order valence-electron chi connectivity index (χ3n) is 6.63. The molecule has 0 bridgehead atoms. The largest absolute Gasteiger partial charge is 0.491 e. The Hall–Kier alpha value is -2.61. The number of nitrogens with zero attached hydrogens (tertiary/aromatic N) is 3. The van der Waals surface area contributed by atoms with Crippen LogP contribution in [0.3, 0.4) is 0 Å². The van der Waals surface area contributed by atoms with Gasteiger partial charge in [-0.3, -0.25) is 14.0 Å². The molecule has 0 radical (unpaired) electrons. The summed E-state index contributed by atoms with van der Waals surface area (Å²) < 4.78 is 9.00. The third kappa shape index (κ3) is 4.75. The molecule has 1 saturated heterocycles. The van der Waals surface area contributed by atoms with Gasteiger partial charge in [0, 0.05) is 33.2 Å². The molecule has 1 fully saturated rings. The average molecular weight is 439 g/mol. The van der Waals surface area contributed by atoms with Gasteiger partial charge in [0.25, 0.3) is 0 Å². The summed E-state index contributed by atoms with van der Waals surface area (Å²) >= 11 is 0. The zero-order valence-electron chi connectivity index (χ0n) is 19.3. The summed E-state index contributed by atoms with van der Waals surface area (Å²) in [6.45, 7) is 6.59. The van der Waals surface area contributed by atoms with Crippen molar-refractivity contribution >= 4 is 11.0 Å². The summed E-state index contributed by atoms with van der Waals surface area (Å²) in [6.07, 6.45) is 1.81. The third-order valence-corrected chi connectivity index (χ3v) is 6.63. The lowest BCUT2D eigenvalue weighted by Crippen LogP contribution is -2.37. The van der Waals surface area contributed by atoms with Gasteiger partial charge in [0.15, 0.2) is 0 Å². The summed E-state index contributed by atoms with van der Waals surface area (Å²) in [5.74, 6) is 0.731. The van der Waals surface area contributed by atoms with Crippen molar-refractivity contribution < 1.29 is 9.84 Å². The lowest BCUT2D eigenvalue weighted by atomic mass is 10.1. The highest BCUT2D eigenvalue weighted by molar-refractivity contribution is 5.76. The van der Waals surface area contributed by atoms with E-state index in [1.54, 1.807) is 23.2 Å². The van der Waals surface area contributed by atoms with Gasteiger partial charge in [-0.25, -0.2) is 4.79 Å². The number of aryl methyl sites for hydroxylation is 2. The molecule has 1 aliphatic rings. The number of nitrogens with one attached hydrogen (secondary N) is 1. The van der Waals surface area contributed by atoms with Gasteiger partial charge in [0.1, 0.15) is 18.5 Å². The number of benzene rings is 2. The molecule has 0 aliphatic carbocycles. The van der Waals surface area contributed by atoms with Crippen LogP contribution in [0.5, 0.6) is 5.75 Å². The van der Waals surface area contributed by atoms with Crippen LogP contribution in [-0.2, 0) is 20.6 Å². The zero-order chi connectivity index (χ0) is 22.7. The van der Waals surface area contributed by atoms with Crippen molar-refractivity contribution in [3.8, 4) is 5.75 Å². The molecular formula is C25H34N4O3. The minimum Gasteiger partial charge on any atom is -0.491 e. The highest BCUT2D eigenvalue weighted by Gasteiger charge is 2.22. The Morgan fingerprint density at radius 1 is 1.12 bits per heavy atom. The van der Waals surface area contributed by atoms with E-state index in [4.69, 9.17) is 4.74 Å². The number of aromatic nitrogens is 2. The monoisotopic (exact) mass is 438 g/mol. The molecule has 2 atom stereocenters. The van der Waals surface area contributed by atoms with Crippen LogP contribution in [0.25, 0.3) is 11.0 Å². The Morgan fingerprint density at radius 2 is 1.88 bits per heavy atom. The number of ether oxygens (including phenoxy) is 1. The van der Waals surface area contributed by atoms with Crippen molar-refractivity contribution in [2.75, 3.05) is 26.2 Å². The molecule has 2 aromatic carbocycles. The second kappa shape index (κ2) is 9.90. The second-order valence-electron chi connectivity index (χ2n) is 8.68. The summed E-state index contributed by atoms with van der Waals surface area (Å²) in [6, 6.07) is 14.2. The van der Waals surface area contributed by atoms with Crippen molar-refractivity contribution in [2.24, 2.45) is 14.1 Å². The average Bonchev–Trinajstić information content (AvgIpc) is 3.36. The summed E-state index contributed by atoms with van der Waals surface area (Å²) in [4.78, 5) is 14.6. The predicted octanol–water partition coefficient (Wildman–Crippen LogP) is 2.56. The van der Waals surface area contributed by atoms with Gasteiger partial charge in [-0.05, 0) is 61.3 Å². The summed E-state index contributed by atoms with van der Waals surface area (Å²) in [7, 11) is 3.49. The minimum atomic E-state index is -0.774. The predicted molar refractivity (Wildman–Crippen MR) is 127 cm³/mol. The highest BCUT2D eigenvalue weighted by Crippen LogP contribution is 2.21. The molecule has 1 aromatic heterocycles. The lowest BCUT2D eigenvalue weighted by Gasteiger charge is -2.23. The van der Waals surface area contributed by atoms with E-state index >= 15 is 0 Å². The summed E-state index contributed by atoms with van der Waals surface area (Å²) in [5.41, 5.74) is 3.50. The van der Waals surface area contributed by atoms with Crippen LogP contribution in [0.15, 0.2) is 47.3 Å². The van der Waals surface area contributed by atoms with E-state index in [9.17, 15) is 9.90 Å². The van der Waals surface area contributed by atoms with Gasteiger partial charge < -0.3 is 15.2 Å². The van der Waals surface area contributed by atoms with Crippen molar-refractivity contribution in [1.82, 2.24) is 19.4 Å². The Balaban J connectivity index is 1.29. The first-order valence-corrected chi connectivity index (χ1v) is 11.5. The van der Waals surface area contributed by atoms with Crippen LogP contribution in [-0.4, -0.2) is 51.4 Å². The fraction of sp³-hybridized carbons (Fsp3) is 0.480. The molecule has 0 saturated carbocycles. The van der Waals surface area contributed by atoms with E-state index in [2.05, 4.69) is 29.3 Å². The van der Waals surface area contributed by atoms with Crippen LogP contribution in [0.2, 0.25) is 0 Å². The van der Waals surface area contributed by atoms with Crippen molar-refractivity contribution in [3.05, 3.63) is 64.1 Å². The minimum absolute atomic E-state index is 0.0802. The molecule has 0 unspecified atom stereocenters. The number of hydrogen-bond donors (Lipinski definition) is 2. The van der Waals surface area contributed by atoms with E-state index in [-0.39, 0.29) is 12.3 Å². The van der Waals surface area contributed by atoms with Crippen molar-refractivity contribution in [1.29, 1.82) is 0 Å². The number of hydrogen-bond acceptors (Lipinski definition) is 5. The maximum absolute atomic E-state index is 12.1. The number of fused-ring (bicyclic) bond motifs is 1. The standard InChI is InChI=1S/C25H34N4O3/c1-4-29-13-5-6-20(29)16-26-15-18-7-10-21(11-8-18)32-17-24(30)19-9-12-22-23(14-19)28(3)25(31)27(22)2/h7-12,14,20,24,26,30H,4-6,13,15-17H2,1-3H3/t20-,24-/m1/s1. The molecule has 1 aliphatic heterocycles. The van der Waals surface area contributed by atoms with E-state index in [0.29, 0.717) is 6.04 Å². The molecule has 2 N–H and O–H groups in total. The van der Waals surface area contributed by atoms with Crippen molar-refractivity contribution in [2.45, 2.75) is 38.5 Å². The van der Waals surface area contributed by atoms with Crippen molar-refractivity contribution in [3.63, 3.8) is 0 Å². The fourth-order valence-electron chi connectivity index (χ4n) is 4.63. The second-order valence-corrected chi connectivity index (χ2v) is 8.68. The molecule has 32 heavy (non-hydrogen) atoms. The Bertz CT molecular complexity index is 1100. The molecule has 4 rings (SSSR count). The van der Waals surface area contributed by atoms with Gasteiger partial charge in [0.2, 0.25) is 0 Å². The molecule has 2 heterocycles. The van der Waals surface area contributed by atoms with E-state index < -0.39 is 6.10 Å². The first-order valence-electron chi connectivity index (χ1n) is 11.5. The number of imidazole rings is 1. The number of likely N-dealkylation sites (N-methyl/N-ethyl adjacent to an activating group) is 1. The van der Waals surface area contributed by atoms with Gasteiger partial charge in [-0.2, -0.15) is 0 Å². The number of aliphatic hydroxyl groups excluding tert-OH is 1. The molecule has 7 nitrogen and oxygen atoms in total. The number of aliphatic hydroxyl groups is 1. The first-order chi connectivity index (χ1) is 15.5. The number of likely N-dealkylation sites (tertiary alicyclic amines) is 1. The Morgan fingerprint density at radius 3 is 2.62 bits per heavy atom. The van der Waals surface area contributed by atoms with Crippen LogP contribution in [0.1, 0.15) is 37.0 Å². The molecule has 3 aromatic rings. The van der Waals surface area contributed by atoms with Gasteiger partial charge in [-0.1, -0.05) is 25.1 Å². The molecule has 172 valence electrons. The summed E-state index contributed by atoms with van der Waals surface area (Å²) in [5, 5.41) is 14.2. The van der Waals surface area contributed by atoms with Crippen LogP contribution < -0.4 is 15.7 Å². The van der Waals surface area contributed by atoms with Crippen LogP contribution in [0, 0.1) is 0 Å². The Kier molecular flexibility index (Phi) is 6.98. The van der Waals surface area contributed by atoms with E-state index in [0.717, 1.165) is 42.0 Å². The SMILES string of the molecule is CCN1CCC[C@@H]1CNCc1ccc(OC[C@@H](O)c2ccc3c(c2)n(C)c(=O)n3C)cc1. The Labute approximate surface area is 189 Å². The number of rotatable bonds is 9. The lowest BCUT2D eigenvalue weighted by molar-refractivity contribution is 0.108. The van der Waals surface area contributed by atoms with E-state index in [1.165, 1.54) is 24.9 Å². The molecule has 0 amide bonds. The zero-order valence-corrected chi connectivity index (χ0v) is 19.3. The van der Waals surface area contributed by atoms with Crippen LogP contribution >= 0.6 is 0 Å². The van der Waals surface area contributed by atoms with Gasteiger partial charge >= 0.3 is 5.69 Å². The normalized spacial score (nSPS) is 17.8. The smallest absolute Gasteiger partial charge is 0.328 e.